The lowest BCUT2D eigenvalue weighted by molar-refractivity contribution is -0.109. The van der Waals surface area contributed by atoms with Crippen molar-refractivity contribution < 1.29 is 19.4 Å². The van der Waals surface area contributed by atoms with Crippen LogP contribution < -0.4 is 5.73 Å². The van der Waals surface area contributed by atoms with Crippen molar-refractivity contribution in [2.24, 2.45) is 0 Å². The summed E-state index contributed by atoms with van der Waals surface area (Å²) in [4.78, 5) is 14.3. The Balaban J connectivity index is 2.64. The maximum Gasteiger partial charge on any atom is 0.185 e. The molecule has 100 valence electrons. The van der Waals surface area contributed by atoms with Crippen molar-refractivity contribution in [1.82, 2.24) is 4.98 Å². The minimum atomic E-state index is -1.32. The van der Waals surface area contributed by atoms with Crippen LogP contribution in [0, 0.1) is 5.82 Å². The van der Waals surface area contributed by atoms with E-state index in [1.807, 2.05) is 0 Å². The Morgan fingerprint density at radius 1 is 1.61 bits per heavy atom. The highest BCUT2D eigenvalue weighted by Crippen LogP contribution is 2.24. The van der Waals surface area contributed by atoms with Gasteiger partial charge in [0.05, 0.1) is 12.3 Å². The first-order chi connectivity index (χ1) is 8.41. The number of thioether (sulfide) groups is 1. The van der Waals surface area contributed by atoms with Crippen molar-refractivity contribution in [3.05, 3.63) is 23.6 Å². The fraction of sp³-hybridized carbons (Fsp3) is 0.455. The third kappa shape index (κ3) is 4.25. The topological polar surface area (TPSA) is 96.4 Å². The van der Waals surface area contributed by atoms with Crippen LogP contribution in [-0.2, 0) is 4.79 Å². The van der Waals surface area contributed by atoms with Gasteiger partial charge in [-0.25, -0.2) is 9.37 Å². The molecule has 0 aliphatic heterocycles. The van der Waals surface area contributed by atoms with Crippen LogP contribution in [0.4, 0.5) is 10.2 Å². The van der Waals surface area contributed by atoms with E-state index in [2.05, 4.69) is 4.98 Å². The van der Waals surface area contributed by atoms with E-state index in [-0.39, 0.29) is 22.9 Å². The van der Waals surface area contributed by atoms with Crippen LogP contribution >= 0.6 is 11.8 Å². The van der Waals surface area contributed by atoms with Gasteiger partial charge in [-0.2, -0.15) is 0 Å². The van der Waals surface area contributed by atoms with Gasteiger partial charge in [-0.05, 0) is 12.5 Å². The van der Waals surface area contributed by atoms with Gasteiger partial charge >= 0.3 is 0 Å². The third-order valence-electron chi connectivity index (χ3n) is 2.32. The minimum Gasteiger partial charge on any atom is -0.390 e. The summed E-state index contributed by atoms with van der Waals surface area (Å²) in [5, 5.41) is 19.5. The Kier molecular flexibility index (Phi) is 5.52. The first-order valence-electron chi connectivity index (χ1n) is 5.32. The summed E-state index contributed by atoms with van der Waals surface area (Å²) in [6.07, 6.45) is -1.31. The summed E-state index contributed by atoms with van der Waals surface area (Å²) in [6, 6.07) is 1.04. The van der Waals surface area contributed by atoms with Crippen molar-refractivity contribution in [2.75, 3.05) is 11.5 Å². The Labute approximate surface area is 108 Å². The van der Waals surface area contributed by atoms with Crippen LogP contribution in [0.1, 0.15) is 25.0 Å². The largest absolute Gasteiger partial charge is 0.390 e. The molecular formula is C11H15FN2O3S. The van der Waals surface area contributed by atoms with Crippen molar-refractivity contribution in [2.45, 2.75) is 25.6 Å². The molecule has 5 nitrogen and oxygen atoms in total. The molecule has 7 heteroatoms. The van der Waals surface area contributed by atoms with Crippen LogP contribution in [0.3, 0.4) is 0 Å². The zero-order chi connectivity index (χ0) is 13.7. The average molecular weight is 274 g/mol. The predicted molar refractivity (Wildman–Crippen MR) is 67.3 cm³/mol. The zero-order valence-electron chi connectivity index (χ0n) is 9.84. The van der Waals surface area contributed by atoms with Gasteiger partial charge < -0.3 is 15.9 Å². The fourth-order valence-corrected chi connectivity index (χ4v) is 2.04. The van der Waals surface area contributed by atoms with Gasteiger partial charge in [0.15, 0.2) is 5.12 Å². The molecule has 1 heterocycles. The molecule has 2 unspecified atom stereocenters. The molecule has 0 bridgehead atoms. The number of hydrogen-bond donors (Lipinski definition) is 3. The summed E-state index contributed by atoms with van der Waals surface area (Å²) >= 11 is 1.05. The van der Waals surface area contributed by atoms with Crippen LogP contribution in [0.25, 0.3) is 0 Å². The highest BCUT2D eigenvalue weighted by atomic mass is 32.2. The summed E-state index contributed by atoms with van der Waals surface area (Å²) in [5.41, 5.74) is 5.55. The number of carbonyl (C=O) groups excluding carboxylic acids is 1. The van der Waals surface area contributed by atoms with Crippen molar-refractivity contribution in [3.63, 3.8) is 0 Å². The van der Waals surface area contributed by atoms with E-state index in [1.54, 1.807) is 0 Å². The number of rotatable bonds is 5. The first kappa shape index (κ1) is 14.9. The summed E-state index contributed by atoms with van der Waals surface area (Å²) in [6.45, 7) is 1.42. The Morgan fingerprint density at radius 3 is 2.89 bits per heavy atom. The average Bonchev–Trinajstić information content (AvgIpc) is 2.30. The zero-order valence-corrected chi connectivity index (χ0v) is 10.7. The van der Waals surface area contributed by atoms with Crippen LogP contribution in [0.2, 0.25) is 0 Å². The van der Waals surface area contributed by atoms with E-state index < -0.39 is 18.0 Å². The molecule has 1 rings (SSSR count). The van der Waals surface area contributed by atoms with Crippen molar-refractivity contribution in [1.29, 1.82) is 0 Å². The molecule has 0 spiro atoms. The molecular weight excluding hydrogens is 259 g/mol. The van der Waals surface area contributed by atoms with Gasteiger partial charge in [0.2, 0.25) is 0 Å². The molecule has 0 aliphatic carbocycles. The van der Waals surface area contributed by atoms with E-state index in [0.29, 0.717) is 5.75 Å². The lowest BCUT2D eigenvalue weighted by Crippen LogP contribution is -2.21. The normalized spacial score (nSPS) is 14.2. The van der Waals surface area contributed by atoms with Gasteiger partial charge in [-0.3, -0.25) is 4.79 Å². The number of nitrogen functional groups attached to an aromatic ring is 1. The third-order valence-corrected chi connectivity index (χ3v) is 3.16. The summed E-state index contributed by atoms with van der Waals surface area (Å²) in [5.74, 6) is -0.290. The first-order valence-corrected chi connectivity index (χ1v) is 6.30. The Hall–Kier alpha value is -1.18. The molecule has 18 heavy (non-hydrogen) atoms. The van der Waals surface area contributed by atoms with E-state index in [9.17, 15) is 19.4 Å². The quantitative estimate of drug-likeness (QED) is 0.737. The van der Waals surface area contributed by atoms with Gasteiger partial charge in [0, 0.05) is 18.2 Å². The Morgan fingerprint density at radius 2 is 2.28 bits per heavy atom. The minimum absolute atomic E-state index is 0.0258. The van der Waals surface area contributed by atoms with Crippen LogP contribution in [0.5, 0.6) is 0 Å². The monoisotopic (exact) mass is 274 g/mol. The standard InChI is InChI=1S/C11H15FN2O3S/c1-6(15)18-3-2-9(16)10(17)8-4-7(12)5-14-11(8)13/h4-5,9-10,16-17H,2-3H2,1H3,(H2,13,14). The molecule has 0 aliphatic rings. The predicted octanol–water partition coefficient (Wildman–Crippen LogP) is 0.867. The van der Waals surface area contributed by atoms with Crippen LogP contribution in [0.15, 0.2) is 12.3 Å². The molecule has 0 saturated carbocycles. The molecule has 0 saturated heterocycles. The number of hydrogen-bond acceptors (Lipinski definition) is 6. The van der Waals surface area contributed by atoms with Gasteiger partial charge in [0.25, 0.3) is 0 Å². The number of aliphatic hydroxyl groups is 2. The second-order valence-electron chi connectivity index (χ2n) is 3.77. The Bertz CT molecular complexity index is 431. The van der Waals surface area contributed by atoms with Crippen LogP contribution in [-0.4, -0.2) is 32.2 Å². The maximum absolute atomic E-state index is 13.0. The lowest BCUT2D eigenvalue weighted by Gasteiger charge is -2.18. The highest BCUT2D eigenvalue weighted by Gasteiger charge is 2.21. The van der Waals surface area contributed by atoms with E-state index in [1.165, 1.54) is 6.92 Å². The number of aromatic nitrogens is 1. The summed E-state index contributed by atoms with van der Waals surface area (Å²) in [7, 11) is 0. The molecule has 0 amide bonds. The molecule has 0 radical (unpaired) electrons. The number of aliphatic hydroxyl groups excluding tert-OH is 2. The number of anilines is 1. The molecule has 0 aromatic carbocycles. The number of pyridine rings is 1. The summed E-state index contributed by atoms with van der Waals surface area (Å²) < 4.78 is 13.0. The maximum atomic E-state index is 13.0. The van der Waals surface area contributed by atoms with Crippen molar-refractivity contribution in [3.8, 4) is 0 Å². The van der Waals surface area contributed by atoms with Gasteiger partial charge in [-0.15, -0.1) is 0 Å². The van der Waals surface area contributed by atoms with Gasteiger partial charge in [0.1, 0.15) is 17.7 Å². The van der Waals surface area contributed by atoms with E-state index in [4.69, 9.17) is 5.73 Å². The SMILES string of the molecule is CC(=O)SCCC(O)C(O)c1cc(F)cnc1N. The number of nitrogens with two attached hydrogens (primary N) is 1. The smallest absolute Gasteiger partial charge is 0.185 e. The van der Waals surface area contributed by atoms with E-state index in [0.717, 1.165) is 24.0 Å². The fourth-order valence-electron chi connectivity index (χ4n) is 1.39. The molecule has 1 aromatic rings. The second-order valence-corrected chi connectivity index (χ2v) is 5.04. The van der Waals surface area contributed by atoms with Gasteiger partial charge in [-0.1, -0.05) is 11.8 Å². The molecule has 4 N–H and O–H groups in total. The molecule has 2 atom stereocenters. The lowest BCUT2D eigenvalue weighted by atomic mass is 10.0. The van der Waals surface area contributed by atoms with E-state index >= 15 is 0 Å². The number of halogens is 1. The second kappa shape index (κ2) is 6.67. The highest BCUT2D eigenvalue weighted by molar-refractivity contribution is 8.13. The molecule has 1 aromatic heterocycles. The van der Waals surface area contributed by atoms with Crippen molar-refractivity contribution >= 4 is 22.7 Å². The number of nitrogens with zero attached hydrogens (tertiary/aromatic N) is 1. The molecule has 0 fully saturated rings. The number of carbonyl (C=O) groups is 1.